The van der Waals surface area contributed by atoms with Crippen molar-refractivity contribution >= 4 is 29.2 Å². The van der Waals surface area contributed by atoms with E-state index in [-0.39, 0.29) is 18.5 Å². The van der Waals surface area contributed by atoms with Crippen molar-refractivity contribution in [2.75, 3.05) is 37.6 Å². The molecular weight excluding hydrogens is 328 g/mol. The molecule has 7 heteroatoms. The van der Waals surface area contributed by atoms with Crippen LogP contribution in [0.4, 0.5) is 10.5 Å². The average Bonchev–Trinajstić information content (AvgIpc) is 2.55. The van der Waals surface area contributed by atoms with Gasteiger partial charge in [-0.3, -0.25) is 15.0 Å². The summed E-state index contributed by atoms with van der Waals surface area (Å²) in [6.07, 6.45) is 0.825. The van der Waals surface area contributed by atoms with E-state index in [0.717, 1.165) is 43.3 Å². The lowest BCUT2D eigenvalue weighted by Gasteiger charge is -2.36. The fourth-order valence-corrected chi connectivity index (χ4v) is 2.84. The van der Waals surface area contributed by atoms with Gasteiger partial charge in [0.25, 0.3) is 0 Å². The summed E-state index contributed by atoms with van der Waals surface area (Å²) in [5.74, 6) is -0.276. The molecule has 0 saturated carbocycles. The van der Waals surface area contributed by atoms with Crippen molar-refractivity contribution in [2.45, 2.75) is 26.3 Å². The number of rotatable bonds is 5. The van der Waals surface area contributed by atoms with E-state index in [4.69, 9.17) is 11.6 Å². The number of nitrogens with one attached hydrogen (secondary N) is 2. The van der Waals surface area contributed by atoms with Crippen molar-refractivity contribution in [2.24, 2.45) is 0 Å². The molecule has 1 unspecified atom stereocenters. The largest absolute Gasteiger partial charge is 0.368 e. The van der Waals surface area contributed by atoms with Crippen molar-refractivity contribution in [3.8, 4) is 0 Å². The van der Waals surface area contributed by atoms with Gasteiger partial charge >= 0.3 is 6.03 Å². The number of carbonyl (C=O) groups is 2. The first kappa shape index (κ1) is 18.5. The number of para-hydroxylation sites is 1. The lowest BCUT2D eigenvalue weighted by molar-refractivity contribution is -0.121. The van der Waals surface area contributed by atoms with Gasteiger partial charge in [0, 0.05) is 32.2 Å². The van der Waals surface area contributed by atoms with Crippen LogP contribution in [-0.2, 0) is 4.79 Å². The van der Waals surface area contributed by atoms with Crippen LogP contribution in [-0.4, -0.2) is 55.6 Å². The highest BCUT2D eigenvalue weighted by Gasteiger charge is 2.21. The number of anilines is 1. The van der Waals surface area contributed by atoms with Gasteiger partial charge < -0.3 is 10.2 Å². The number of hydrogen-bond donors (Lipinski definition) is 2. The van der Waals surface area contributed by atoms with Crippen molar-refractivity contribution in [3.63, 3.8) is 0 Å². The standard InChI is InChI=1S/C17H25ClN4O2/c1-3-13(2)19-17(24)20-16(23)12-21-8-10-22(11-9-21)15-7-5-4-6-14(15)18/h4-7,13H,3,8-12H2,1-2H3,(H2,19,20,23,24). The molecule has 0 aromatic heterocycles. The number of hydrogen-bond acceptors (Lipinski definition) is 4. The summed E-state index contributed by atoms with van der Waals surface area (Å²) in [6.45, 7) is 7.22. The molecule has 2 rings (SSSR count). The maximum absolute atomic E-state index is 11.9. The molecule has 1 aliphatic heterocycles. The molecule has 1 aliphatic rings. The van der Waals surface area contributed by atoms with Crippen molar-refractivity contribution in [1.82, 2.24) is 15.5 Å². The zero-order chi connectivity index (χ0) is 17.5. The number of amides is 3. The van der Waals surface area contributed by atoms with Crippen LogP contribution in [0.5, 0.6) is 0 Å². The van der Waals surface area contributed by atoms with Crippen LogP contribution in [0.1, 0.15) is 20.3 Å². The summed E-state index contributed by atoms with van der Waals surface area (Å²) in [5.41, 5.74) is 1.02. The third-order valence-electron chi connectivity index (χ3n) is 4.18. The molecule has 132 valence electrons. The third kappa shape index (κ3) is 5.39. The van der Waals surface area contributed by atoms with Crippen LogP contribution in [0.2, 0.25) is 5.02 Å². The molecule has 1 aromatic carbocycles. The quantitative estimate of drug-likeness (QED) is 0.851. The number of urea groups is 1. The van der Waals surface area contributed by atoms with Crippen LogP contribution in [0.25, 0.3) is 0 Å². The van der Waals surface area contributed by atoms with E-state index in [9.17, 15) is 9.59 Å². The van der Waals surface area contributed by atoms with E-state index in [2.05, 4.69) is 15.5 Å². The van der Waals surface area contributed by atoms with Crippen LogP contribution in [0.15, 0.2) is 24.3 Å². The summed E-state index contributed by atoms with van der Waals surface area (Å²) in [5, 5.41) is 5.84. The number of halogens is 1. The van der Waals surface area contributed by atoms with E-state index in [0.29, 0.717) is 0 Å². The molecular formula is C17H25ClN4O2. The van der Waals surface area contributed by atoms with E-state index in [1.807, 2.05) is 43.0 Å². The van der Waals surface area contributed by atoms with E-state index in [1.165, 1.54) is 0 Å². The fourth-order valence-electron chi connectivity index (χ4n) is 2.59. The summed E-state index contributed by atoms with van der Waals surface area (Å²) in [7, 11) is 0. The molecule has 24 heavy (non-hydrogen) atoms. The van der Waals surface area contributed by atoms with Gasteiger partial charge in [-0.05, 0) is 25.5 Å². The zero-order valence-corrected chi connectivity index (χ0v) is 15.0. The highest BCUT2D eigenvalue weighted by atomic mass is 35.5. The molecule has 0 aliphatic carbocycles. The maximum atomic E-state index is 11.9. The summed E-state index contributed by atoms with van der Waals surface area (Å²) in [4.78, 5) is 27.9. The van der Waals surface area contributed by atoms with Crippen molar-refractivity contribution in [3.05, 3.63) is 29.3 Å². The Morgan fingerprint density at radius 3 is 2.50 bits per heavy atom. The summed E-state index contributed by atoms with van der Waals surface area (Å²) >= 11 is 6.23. The lowest BCUT2D eigenvalue weighted by Crippen LogP contribution is -2.51. The maximum Gasteiger partial charge on any atom is 0.321 e. The predicted octanol–water partition coefficient (Wildman–Crippen LogP) is 2.09. The SMILES string of the molecule is CCC(C)NC(=O)NC(=O)CN1CCN(c2ccccc2Cl)CC1. The topological polar surface area (TPSA) is 64.7 Å². The summed E-state index contributed by atoms with van der Waals surface area (Å²) in [6, 6.07) is 7.39. The van der Waals surface area contributed by atoms with Gasteiger partial charge in [0.1, 0.15) is 0 Å². The molecule has 1 atom stereocenters. The Hall–Kier alpha value is -1.79. The van der Waals surface area contributed by atoms with Crippen LogP contribution >= 0.6 is 11.6 Å². The van der Waals surface area contributed by atoms with Gasteiger partial charge in [-0.15, -0.1) is 0 Å². The van der Waals surface area contributed by atoms with E-state index < -0.39 is 6.03 Å². The number of benzene rings is 1. The van der Waals surface area contributed by atoms with Crippen LogP contribution < -0.4 is 15.5 Å². The van der Waals surface area contributed by atoms with Gasteiger partial charge in [-0.25, -0.2) is 4.79 Å². The first-order valence-corrected chi connectivity index (χ1v) is 8.69. The minimum atomic E-state index is -0.427. The highest BCUT2D eigenvalue weighted by Crippen LogP contribution is 2.25. The molecule has 0 radical (unpaired) electrons. The molecule has 3 amide bonds. The molecule has 1 aromatic rings. The Balaban J connectivity index is 1.76. The van der Waals surface area contributed by atoms with Gasteiger partial charge in [0.2, 0.25) is 5.91 Å². The normalized spacial score (nSPS) is 16.5. The predicted molar refractivity (Wildman–Crippen MR) is 96.5 cm³/mol. The summed E-state index contributed by atoms with van der Waals surface area (Å²) < 4.78 is 0. The second-order valence-electron chi connectivity index (χ2n) is 6.05. The Morgan fingerprint density at radius 1 is 1.21 bits per heavy atom. The Bertz CT molecular complexity index is 573. The molecule has 6 nitrogen and oxygen atoms in total. The third-order valence-corrected chi connectivity index (χ3v) is 4.50. The molecule has 1 heterocycles. The van der Waals surface area contributed by atoms with Gasteiger partial charge in [-0.2, -0.15) is 0 Å². The first-order chi connectivity index (χ1) is 11.5. The second kappa shape index (κ2) is 8.89. The second-order valence-corrected chi connectivity index (χ2v) is 6.45. The van der Waals surface area contributed by atoms with E-state index in [1.54, 1.807) is 0 Å². The minimum Gasteiger partial charge on any atom is -0.368 e. The Labute approximate surface area is 148 Å². The molecule has 2 N–H and O–H groups in total. The lowest BCUT2D eigenvalue weighted by atomic mass is 10.2. The molecule has 0 spiro atoms. The van der Waals surface area contributed by atoms with Gasteiger partial charge in [0.05, 0.1) is 17.3 Å². The average molecular weight is 353 g/mol. The first-order valence-electron chi connectivity index (χ1n) is 8.31. The zero-order valence-electron chi connectivity index (χ0n) is 14.2. The molecule has 1 fully saturated rings. The van der Waals surface area contributed by atoms with E-state index >= 15 is 0 Å². The van der Waals surface area contributed by atoms with Crippen LogP contribution in [0, 0.1) is 0 Å². The molecule has 1 saturated heterocycles. The monoisotopic (exact) mass is 352 g/mol. The minimum absolute atomic E-state index is 0.0527. The Kier molecular flexibility index (Phi) is 6.87. The molecule has 0 bridgehead atoms. The highest BCUT2D eigenvalue weighted by molar-refractivity contribution is 6.33. The number of imide groups is 1. The fraction of sp³-hybridized carbons (Fsp3) is 0.529. The van der Waals surface area contributed by atoms with Gasteiger partial charge in [-0.1, -0.05) is 30.7 Å². The van der Waals surface area contributed by atoms with Crippen LogP contribution in [0.3, 0.4) is 0 Å². The van der Waals surface area contributed by atoms with Gasteiger partial charge in [0.15, 0.2) is 0 Å². The Morgan fingerprint density at radius 2 is 1.88 bits per heavy atom. The smallest absolute Gasteiger partial charge is 0.321 e. The number of nitrogens with zero attached hydrogens (tertiary/aromatic N) is 2. The van der Waals surface area contributed by atoms with Crippen molar-refractivity contribution < 1.29 is 9.59 Å². The number of piperazine rings is 1. The number of carbonyl (C=O) groups excluding carboxylic acids is 2. The van der Waals surface area contributed by atoms with Crippen molar-refractivity contribution in [1.29, 1.82) is 0 Å².